The molecule has 1 fully saturated rings. The van der Waals surface area contributed by atoms with Gasteiger partial charge in [0.1, 0.15) is 0 Å². The molecule has 0 spiro atoms. The van der Waals surface area contributed by atoms with Crippen LogP contribution in [0.2, 0.25) is 0 Å². The molecule has 1 aliphatic carbocycles. The van der Waals surface area contributed by atoms with Crippen molar-refractivity contribution in [2.24, 2.45) is 12.5 Å². The highest BCUT2D eigenvalue weighted by Gasteiger charge is 2.37. The van der Waals surface area contributed by atoms with Gasteiger partial charge in [-0.1, -0.05) is 24.6 Å². The van der Waals surface area contributed by atoms with Crippen LogP contribution in [0.25, 0.3) is 10.9 Å². The number of nitriles is 1. The molecule has 0 saturated heterocycles. The van der Waals surface area contributed by atoms with Crippen LogP contribution in [0.5, 0.6) is 0 Å². The summed E-state index contributed by atoms with van der Waals surface area (Å²) in [6, 6.07) is 11.0. The van der Waals surface area contributed by atoms with Gasteiger partial charge in [-0.3, -0.25) is 0 Å². The zero-order chi connectivity index (χ0) is 11.9. The minimum Gasteiger partial charge on any atom is -0.350 e. The van der Waals surface area contributed by atoms with Crippen LogP contribution in [-0.2, 0) is 13.5 Å². The van der Waals surface area contributed by atoms with Gasteiger partial charge < -0.3 is 4.57 Å². The van der Waals surface area contributed by atoms with Gasteiger partial charge in [0.05, 0.1) is 11.5 Å². The first-order chi connectivity index (χ1) is 8.24. The highest BCUT2D eigenvalue weighted by atomic mass is 14.9. The van der Waals surface area contributed by atoms with Gasteiger partial charge >= 0.3 is 0 Å². The van der Waals surface area contributed by atoms with Crippen molar-refractivity contribution in [2.45, 2.75) is 25.7 Å². The molecule has 1 aliphatic rings. The molecule has 86 valence electrons. The summed E-state index contributed by atoms with van der Waals surface area (Å²) in [6.45, 7) is 0. The van der Waals surface area contributed by atoms with E-state index >= 15 is 0 Å². The Morgan fingerprint density at radius 3 is 2.76 bits per heavy atom. The lowest BCUT2D eigenvalue weighted by atomic mass is 9.66. The number of hydrogen-bond donors (Lipinski definition) is 0. The van der Waals surface area contributed by atoms with Crippen molar-refractivity contribution >= 4 is 10.9 Å². The molecule has 17 heavy (non-hydrogen) atoms. The second-order valence-corrected chi connectivity index (χ2v) is 5.20. The zero-order valence-corrected chi connectivity index (χ0v) is 10.1. The van der Waals surface area contributed by atoms with Crippen molar-refractivity contribution in [2.75, 3.05) is 0 Å². The van der Waals surface area contributed by atoms with E-state index in [2.05, 4.69) is 48.1 Å². The lowest BCUT2D eigenvalue weighted by Gasteiger charge is -2.35. The third-order valence-corrected chi connectivity index (χ3v) is 4.06. The van der Waals surface area contributed by atoms with Crippen LogP contribution in [0.3, 0.4) is 0 Å². The first-order valence-corrected chi connectivity index (χ1v) is 6.18. The van der Waals surface area contributed by atoms with Gasteiger partial charge in [-0.05, 0) is 30.9 Å². The number of rotatable bonds is 2. The summed E-state index contributed by atoms with van der Waals surface area (Å²) in [5.74, 6) is 0. The standard InChI is InChI=1S/C15H16N2/c1-17-10-12(9-15(11-16)7-4-8-15)13-5-2-3-6-14(13)17/h2-3,5-6,10H,4,7-9H2,1H3. The highest BCUT2D eigenvalue weighted by molar-refractivity contribution is 5.84. The van der Waals surface area contributed by atoms with E-state index < -0.39 is 0 Å². The van der Waals surface area contributed by atoms with Gasteiger partial charge in [0.15, 0.2) is 0 Å². The topological polar surface area (TPSA) is 28.7 Å². The molecule has 0 bridgehead atoms. The van der Waals surface area contributed by atoms with Crippen molar-refractivity contribution in [1.82, 2.24) is 4.57 Å². The molecule has 1 aromatic heterocycles. The molecule has 2 heteroatoms. The molecule has 1 heterocycles. The summed E-state index contributed by atoms with van der Waals surface area (Å²) < 4.78 is 2.16. The monoisotopic (exact) mass is 224 g/mol. The van der Waals surface area contributed by atoms with E-state index in [0.717, 1.165) is 19.3 Å². The Hall–Kier alpha value is -1.75. The first kappa shape index (κ1) is 10.4. The minimum absolute atomic E-state index is 0.0792. The number of aromatic nitrogens is 1. The van der Waals surface area contributed by atoms with Gasteiger partial charge in [0.25, 0.3) is 0 Å². The molecule has 0 radical (unpaired) electrons. The van der Waals surface area contributed by atoms with E-state index in [-0.39, 0.29) is 5.41 Å². The lowest BCUT2D eigenvalue weighted by molar-refractivity contribution is 0.214. The van der Waals surface area contributed by atoms with Crippen molar-refractivity contribution in [3.63, 3.8) is 0 Å². The predicted octanol–water partition coefficient (Wildman–Crippen LogP) is 3.41. The first-order valence-electron chi connectivity index (χ1n) is 6.18. The Labute approximate surface area is 101 Å². The van der Waals surface area contributed by atoms with E-state index in [0.29, 0.717) is 0 Å². The summed E-state index contributed by atoms with van der Waals surface area (Å²) in [7, 11) is 2.08. The summed E-state index contributed by atoms with van der Waals surface area (Å²) >= 11 is 0. The van der Waals surface area contributed by atoms with Crippen LogP contribution in [0, 0.1) is 16.7 Å². The zero-order valence-electron chi connectivity index (χ0n) is 10.1. The normalized spacial score (nSPS) is 17.6. The molecule has 0 N–H and O–H groups in total. The Morgan fingerprint density at radius 2 is 2.12 bits per heavy atom. The van der Waals surface area contributed by atoms with Crippen LogP contribution in [0.1, 0.15) is 24.8 Å². The average Bonchev–Trinajstić information content (AvgIpc) is 2.62. The molecule has 2 aromatic rings. The van der Waals surface area contributed by atoms with Crippen molar-refractivity contribution < 1.29 is 0 Å². The molecule has 1 saturated carbocycles. The molecule has 0 amide bonds. The van der Waals surface area contributed by atoms with Crippen molar-refractivity contribution in [3.05, 3.63) is 36.0 Å². The average molecular weight is 224 g/mol. The van der Waals surface area contributed by atoms with Crippen LogP contribution < -0.4 is 0 Å². The maximum atomic E-state index is 9.32. The number of benzene rings is 1. The van der Waals surface area contributed by atoms with E-state index in [9.17, 15) is 5.26 Å². The van der Waals surface area contributed by atoms with E-state index in [1.807, 2.05) is 0 Å². The van der Waals surface area contributed by atoms with Crippen LogP contribution in [0.4, 0.5) is 0 Å². The quantitative estimate of drug-likeness (QED) is 0.768. The largest absolute Gasteiger partial charge is 0.350 e. The second kappa shape index (κ2) is 3.63. The van der Waals surface area contributed by atoms with Crippen molar-refractivity contribution in [3.8, 4) is 6.07 Å². The van der Waals surface area contributed by atoms with Gasteiger partial charge in [-0.2, -0.15) is 5.26 Å². The minimum atomic E-state index is -0.0792. The Bertz CT molecular complexity index is 597. The second-order valence-electron chi connectivity index (χ2n) is 5.20. The van der Waals surface area contributed by atoms with E-state index in [1.165, 1.54) is 22.9 Å². The van der Waals surface area contributed by atoms with Crippen LogP contribution in [-0.4, -0.2) is 4.57 Å². The highest BCUT2D eigenvalue weighted by Crippen LogP contribution is 2.44. The predicted molar refractivity (Wildman–Crippen MR) is 68.5 cm³/mol. The summed E-state index contributed by atoms with van der Waals surface area (Å²) in [6.07, 6.45) is 6.42. The number of hydrogen-bond acceptors (Lipinski definition) is 1. The van der Waals surface area contributed by atoms with Crippen LogP contribution >= 0.6 is 0 Å². The molecular formula is C15H16N2. The molecular weight excluding hydrogens is 208 g/mol. The smallest absolute Gasteiger partial charge is 0.0693 e. The Kier molecular flexibility index (Phi) is 2.22. The fraction of sp³-hybridized carbons (Fsp3) is 0.400. The van der Waals surface area contributed by atoms with Crippen molar-refractivity contribution in [1.29, 1.82) is 5.26 Å². The van der Waals surface area contributed by atoms with E-state index in [1.54, 1.807) is 0 Å². The van der Waals surface area contributed by atoms with Crippen LogP contribution in [0.15, 0.2) is 30.5 Å². The molecule has 2 nitrogen and oxygen atoms in total. The SMILES string of the molecule is Cn1cc(CC2(C#N)CCC2)c2ccccc21. The maximum absolute atomic E-state index is 9.32. The van der Waals surface area contributed by atoms with Gasteiger partial charge in [0, 0.05) is 24.1 Å². The fourth-order valence-corrected chi connectivity index (χ4v) is 2.86. The Morgan fingerprint density at radius 1 is 1.35 bits per heavy atom. The summed E-state index contributed by atoms with van der Waals surface area (Å²) in [4.78, 5) is 0. The lowest BCUT2D eigenvalue weighted by Crippen LogP contribution is -2.29. The summed E-state index contributed by atoms with van der Waals surface area (Å²) in [5, 5.41) is 10.6. The molecule has 3 rings (SSSR count). The number of aryl methyl sites for hydroxylation is 1. The molecule has 0 unspecified atom stereocenters. The third-order valence-electron chi connectivity index (χ3n) is 4.06. The van der Waals surface area contributed by atoms with Gasteiger partial charge in [-0.25, -0.2) is 0 Å². The molecule has 0 atom stereocenters. The number of para-hydroxylation sites is 1. The summed E-state index contributed by atoms with van der Waals surface area (Å²) in [5.41, 5.74) is 2.50. The molecule has 1 aromatic carbocycles. The Balaban J connectivity index is 2.04. The maximum Gasteiger partial charge on any atom is 0.0693 e. The third kappa shape index (κ3) is 1.54. The fourth-order valence-electron chi connectivity index (χ4n) is 2.86. The molecule has 0 aliphatic heterocycles. The van der Waals surface area contributed by atoms with E-state index in [4.69, 9.17) is 0 Å². The number of nitrogens with zero attached hydrogens (tertiary/aromatic N) is 2. The number of fused-ring (bicyclic) bond motifs is 1. The van der Waals surface area contributed by atoms with Gasteiger partial charge in [-0.15, -0.1) is 0 Å². The van der Waals surface area contributed by atoms with Gasteiger partial charge in [0.2, 0.25) is 0 Å².